The highest BCUT2D eigenvalue weighted by atomic mass is 32.2. The lowest BCUT2D eigenvalue weighted by atomic mass is 10.4. The summed E-state index contributed by atoms with van der Waals surface area (Å²) in [5, 5.41) is 16.7. The first-order chi connectivity index (χ1) is 11.6. The minimum absolute atomic E-state index is 0.0555. The molecule has 130 valence electrons. The number of aromatic nitrogens is 4. The number of carbonyl (C=O) groups is 2. The number of amides is 2. The smallest absolute Gasteiger partial charge is 0.239 e. The molecule has 0 aromatic carbocycles. The number of likely N-dealkylation sites (N-methyl/N-ethyl adjacent to an activating group) is 1. The van der Waals surface area contributed by atoms with Crippen molar-refractivity contribution in [2.75, 3.05) is 18.8 Å². The maximum Gasteiger partial charge on any atom is 0.239 e. The van der Waals surface area contributed by atoms with Crippen LogP contribution >= 0.6 is 23.1 Å². The predicted molar refractivity (Wildman–Crippen MR) is 92.6 cm³/mol. The van der Waals surface area contributed by atoms with E-state index in [0.29, 0.717) is 24.8 Å². The third-order valence-corrected chi connectivity index (χ3v) is 5.05. The molecule has 0 radical (unpaired) electrons. The topological polar surface area (TPSA) is 93.0 Å². The molecule has 10 heteroatoms. The van der Waals surface area contributed by atoms with Crippen LogP contribution in [0.2, 0.25) is 0 Å². The minimum Gasteiger partial charge on any atom is -0.350 e. The van der Waals surface area contributed by atoms with E-state index in [0.717, 1.165) is 4.88 Å². The molecular formula is C14H20N6O2S2. The Balaban J connectivity index is 1.79. The summed E-state index contributed by atoms with van der Waals surface area (Å²) in [5.41, 5.74) is 0. The van der Waals surface area contributed by atoms with Gasteiger partial charge in [0.15, 0.2) is 0 Å². The lowest BCUT2D eigenvalue weighted by Crippen LogP contribution is -2.41. The summed E-state index contributed by atoms with van der Waals surface area (Å²) in [5.74, 6) is -0.0757. The van der Waals surface area contributed by atoms with E-state index >= 15 is 0 Å². The zero-order valence-corrected chi connectivity index (χ0v) is 15.3. The molecule has 0 unspecified atom stereocenters. The zero-order chi connectivity index (χ0) is 17.4. The van der Waals surface area contributed by atoms with E-state index in [1.807, 2.05) is 31.4 Å². The highest BCUT2D eigenvalue weighted by Crippen LogP contribution is 2.14. The van der Waals surface area contributed by atoms with Gasteiger partial charge in [-0.25, -0.2) is 4.68 Å². The molecule has 0 fully saturated rings. The van der Waals surface area contributed by atoms with E-state index in [1.165, 1.54) is 16.7 Å². The molecule has 2 rings (SSSR count). The number of thiophene rings is 1. The van der Waals surface area contributed by atoms with E-state index in [9.17, 15) is 9.59 Å². The number of nitrogens with zero attached hydrogens (tertiary/aromatic N) is 5. The molecule has 1 N–H and O–H groups in total. The van der Waals surface area contributed by atoms with Gasteiger partial charge in [0.1, 0.15) is 0 Å². The molecular weight excluding hydrogens is 348 g/mol. The van der Waals surface area contributed by atoms with E-state index in [2.05, 4.69) is 20.8 Å². The van der Waals surface area contributed by atoms with Crippen molar-refractivity contribution < 1.29 is 9.59 Å². The van der Waals surface area contributed by atoms with Crippen molar-refractivity contribution in [1.29, 1.82) is 0 Å². The fraction of sp³-hybridized carbons (Fsp3) is 0.500. The number of aryl methyl sites for hydroxylation is 1. The van der Waals surface area contributed by atoms with Gasteiger partial charge in [0, 0.05) is 18.0 Å². The Morgan fingerprint density at radius 2 is 2.25 bits per heavy atom. The fourth-order valence-electron chi connectivity index (χ4n) is 1.92. The lowest BCUT2D eigenvalue weighted by Gasteiger charge is -2.20. The van der Waals surface area contributed by atoms with Gasteiger partial charge in [0.2, 0.25) is 17.0 Å². The Labute approximate surface area is 148 Å². The van der Waals surface area contributed by atoms with Crippen molar-refractivity contribution in [2.24, 2.45) is 0 Å². The van der Waals surface area contributed by atoms with Crippen molar-refractivity contribution in [1.82, 2.24) is 30.4 Å². The molecule has 24 heavy (non-hydrogen) atoms. The van der Waals surface area contributed by atoms with Crippen molar-refractivity contribution in [2.45, 2.75) is 32.1 Å². The van der Waals surface area contributed by atoms with Crippen LogP contribution in [-0.2, 0) is 22.7 Å². The minimum atomic E-state index is -0.165. The molecule has 0 atom stereocenters. The predicted octanol–water partition coefficient (Wildman–Crippen LogP) is 1.01. The summed E-state index contributed by atoms with van der Waals surface area (Å²) in [7, 11) is 0. The molecule has 2 aromatic rings. The summed E-state index contributed by atoms with van der Waals surface area (Å²) < 4.78 is 1.63. The second kappa shape index (κ2) is 9.38. The quantitative estimate of drug-likeness (QED) is 0.664. The number of hydrogen-bond acceptors (Lipinski definition) is 7. The van der Waals surface area contributed by atoms with Crippen molar-refractivity contribution >= 4 is 34.9 Å². The van der Waals surface area contributed by atoms with Gasteiger partial charge in [-0.1, -0.05) is 17.8 Å². The molecule has 8 nitrogen and oxygen atoms in total. The highest BCUT2D eigenvalue weighted by molar-refractivity contribution is 7.99. The average molecular weight is 368 g/mol. The Hall–Kier alpha value is -1.94. The van der Waals surface area contributed by atoms with Crippen LogP contribution < -0.4 is 5.32 Å². The summed E-state index contributed by atoms with van der Waals surface area (Å²) in [6.45, 7) is 5.45. The van der Waals surface area contributed by atoms with Crippen molar-refractivity contribution in [3.8, 4) is 0 Å². The molecule has 0 aliphatic rings. The van der Waals surface area contributed by atoms with Crippen LogP contribution in [0.3, 0.4) is 0 Å². The second-order valence-electron chi connectivity index (χ2n) is 4.83. The van der Waals surface area contributed by atoms with Gasteiger partial charge < -0.3 is 10.2 Å². The first-order valence-electron chi connectivity index (χ1n) is 7.59. The van der Waals surface area contributed by atoms with Crippen LogP contribution in [0.1, 0.15) is 18.7 Å². The molecule has 0 spiro atoms. The normalized spacial score (nSPS) is 10.6. The Morgan fingerprint density at radius 1 is 1.42 bits per heavy atom. The van der Waals surface area contributed by atoms with Gasteiger partial charge in [-0.05, 0) is 35.7 Å². The van der Waals surface area contributed by atoms with Crippen LogP contribution in [-0.4, -0.2) is 55.8 Å². The van der Waals surface area contributed by atoms with Crippen LogP contribution in [0.15, 0.2) is 22.7 Å². The fourth-order valence-corrected chi connectivity index (χ4v) is 3.41. The maximum atomic E-state index is 12.3. The first-order valence-corrected chi connectivity index (χ1v) is 9.46. The van der Waals surface area contributed by atoms with Crippen LogP contribution in [0.4, 0.5) is 0 Å². The molecule has 0 saturated carbocycles. The maximum absolute atomic E-state index is 12.3. The van der Waals surface area contributed by atoms with E-state index in [1.54, 1.807) is 16.0 Å². The van der Waals surface area contributed by atoms with Gasteiger partial charge in [-0.2, -0.15) is 0 Å². The summed E-state index contributed by atoms with van der Waals surface area (Å²) in [6.07, 6.45) is 0. The van der Waals surface area contributed by atoms with Crippen molar-refractivity contribution in [3.05, 3.63) is 22.4 Å². The summed E-state index contributed by atoms with van der Waals surface area (Å²) >= 11 is 2.86. The number of carbonyl (C=O) groups excluding carboxylic acids is 2. The van der Waals surface area contributed by atoms with Crippen LogP contribution in [0.5, 0.6) is 0 Å². The number of tetrazole rings is 1. The second-order valence-corrected chi connectivity index (χ2v) is 6.80. The Kier molecular flexibility index (Phi) is 7.19. The Bertz CT molecular complexity index is 658. The molecule has 0 saturated heterocycles. The van der Waals surface area contributed by atoms with Crippen molar-refractivity contribution in [3.63, 3.8) is 0 Å². The number of thioether (sulfide) groups is 1. The Morgan fingerprint density at radius 3 is 2.92 bits per heavy atom. The summed E-state index contributed by atoms with van der Waals surface area (Å²) in [6, 6.07) is 3.90. The highest BCUT2D eigenvalue weighted by Gasteiger charge is 2.17. The SMILES string of the molecule is CCN(CC(=O)NCc1cccs1)C(=O)CSc1nnnn1CC. The van der Waals surface area contributed by atoms with Gasteiger partial charge in [-0.3, -0.25) is 9.59 Å². The summed E-state index contributed by atoms with van der Waals surface area (Å²) in [4.78, 5) is 26.9. The molecule has 2 amide bonds. The lowest BCUT2D eigenvalue weighted by molar-refractivity contribution is -0.133. The van der Waals surface area contributed by atoms with Crippen LogP contribution in [0.25, 0.3) is 0 Å². The molecule has 0 aliphatic heterocycles. The van der Waals surface area contributed by atoms with Crippen LogP contribution in [0, 0.1) is 0 Å². The van der Waals surface area contributed by atoms with E-state index in [4.69, 9.17) is 0 Å². The first kappa shape index (κ1) is 18.4. The van der Waals surface area contributed by atoms with E-state index in [-0.39, 0.29) is 24.1 Å². The molecule has 2 aromatic heterocycles. The molecule has 0 bridgehead atoms. The largest absolute Gasteiger partial charge is 0.350 e. The molecule has 2 heterocycles. The van der Waals surface area contributed by atoms with Gasteiger partial charge in [0.05, 0.1) is 18.8 Å². The standard InChI is InChI=1S/C14H20N6O2S2/c1-3-19(9-12(21)15-8-11-6-5-7-23-11)13(22)10-24-14-16-17-18-20(14)4-2/h5-7H,3-4,8-10H2,1-2H3,(H,15,21). The van der Waals surface area contributed by atoms with Gasteiger partial charge in [0.25, 0.3) is 0 Å². The van der Waals surface area contributed by atoms with Gasteiger partial charge >= 0.3 is 0 Å². The third-order valence-electron chi connectivity index (χ3n) is 3.23. The number of hydrogen-bond donors (Lipinski definition) is 1. The zero-order valence-electron chi connectivity index (χ0n) is 13.6. The third kappa shape index (κ3) is 5.31. The van der Waals surface area contributed by atoms with E-state index < -0.39 is 0 Å². The average Bonchev–Trinajstić information content (AvgIpc) is 3.26. The van der Waals surface area contributed by atoms with Gasteiger partial charge in [-0.15, -0.1) is 16.4 Å². The number of nitrogens with one attached hydrogen (secondary N) is 1. The monoisotopic (exact) mass is 368 g/mol. The number of rotatable bonds is 9. The molecule has 0 aliphatic carbocycles.